The summed E-state index contributed by atoms with van der Waals surface area (Å²) in [5.74, 6) is 0. The summed E-state index contributed by atoms with van der Waals surface area (Å²) in [5.41, 5.74) is 8.47. The highest BCUT2D eigenvalue weighted by Crippen LogP contribution is 2.22. The highest BCUT2D eigenvalue weighted by atomic mass is 14.5. The van der Waals surface area contributed by atoms with E-state index in [0.717, 1.165) is 5.69 Å². The smallest absolute Gasteiger partial charge is 0.0314 e. The van der Waals surface area contributed by atoms with Gasteiger partial charge in [-0.25, -0.2) is 0 Å². The molecule has 0 fully saturated rings. The number of unbranched alkanes of at least 4 members (excludes halogenated alkanes) is 5. The van der Waals surface area contributed by atoms with Gasteiger partial charge in [-0.3, -0.25) is 0 Å². The minimum absolute atomic E-state index is 0.509. The number of benzene rings is 1. The Kier molecular flexibility index (Phi) is 6.97. The number of nitrogen functional groups attached to an aromatic ring is 1. The van der Waals surface area contributed by atoms with Gasteiger partial charge in [-0.05, 0) is 42.4 Å². The summed E-state index contributed by atoms with van der Waals surface area (Å²) in [7, 11) is 0. The lowest BCUT2D eigenvalue weighted by molar-refractivity contribution is 0.356. The van der Waals surface area contributed by atoms with Gasteiger partial charge in [0.15, 0.2) is 0 Å². The molecule has 2 N–H and O–H groups in total. The van der Waals surface area contributed by atoms with E-state index in [9.17, 15) is 0 Å². The lowest BCUT2D eigenvalue weighted by Gasteiger charge is -2.17. The molecule has 1 rings (SSSR count). The van der Waals surface area contributed by atoms with Crippen LogP contribution in [0.2, 0.25) is 0 Å². The third-order valence-corrected chi connectivity index (χ3v) is 3.62. The monoisotopic (exact) mass is 261 g/mol. The van der Waals surface area contributed by atoms with Crippen molar-refractivity contribution in [3.8, 4) is 0 Å². The van der Waals surface area contributed by atoms with Gasteiger partial charge in [-0.1, -0.05) is 65.0 Å². The first kappa shape index (κ1) is 16.1. The van der Waals surface area contributed by atoms with E-state index in [4.69, 9.17) is 5.73 Å². The first-order chi connectivity index (χ1) is 8.97. The highest BCUT2D eigenvalue weighted by Gasteiger charge is 2.08. The molecule has 0 atom stereocenters. The fraction of sp³-hybridized carbons (Fsp3) is 0.667. The molecule has 19 heavy (non-hydrogen) atoms. The topological polar surface area (TPSA) is 26.0 Å². The van der Waals surface area contributed by atoms with Crippen LogP contribution in [0.4, 0.5) is 5.69 Å². The molecule has 0 aromatic heterocycles. The Hall–Kier alpha value is -0.980. The molecular weight excluding hydrogens is 230 g/mol. The molecular formula is C18H31N. The lowest BCUT2D eigenvalue weighted by Crippen LogP contribution is -2.03. The molecule has 0 saturated carbocycles. The van der Waals surface area contributed by atoms with E-state index < -0.39 is 0 Å². The number of aryl methyl sites for hydroxylation is 1. The molecule has 0 saturated heterocycles. The first-order valence-electron chi connectivity index (χ1n) is 7.82. The van der Waals surface area contributed by atoms with Crippen LogP contribution >= 0.6 is 0 Å². The number of anilines is 1. The van der Waals surface area contributed by atoms with E-state index in [1.807, 2.05) is 12.1 Å². The first-order valence-corrected chi connectivity index (χ1v) is 7.82. The Morgan fingerprint density at radius 3 is 1.89 bits per heavy atom. The van der Waals surface area contributed by atoms with Crippen molar-refractivity contribution < 1.29 is 0 Å². The Balaban J connectivity index is 1.95. The largest absolute Gasteiger partial charge is 0.399 e. The van der Waals surface area contributed by atoms with E-state index >= 15 is 0 Å². The Morgan fingerprint density at radius 1 is 0.789 bits per heavy atom. The van der Waals surface area contributed by atoms with Gasteiger partial charge in [0, 0.05) is 5.69 Å². The summed E-state index contributed by atoms with van der Waals surface area (Å²) >= 11 is 0. The van der Waals surface area contributed by atoms with Gasteiger partial charge in [0.2, 0.25) is 0 Å². The predicted molar refractivity (Wildman–Crippen MR) is 86.3 cm³/mol. The van der Waals surface area contributed by atoms with Crippen LogP contribution in [-0.2, 0) is 6.42 Å². The summed E-state index contributed by atoms with van der Waals surface area (Å²) in [4.78, 5) is 0. The molecule has 1 aromatic rings. The Bertz CT molecular complexity index is 332. The quantitative estimate of drug-likeness (QED) is 0.479. The maximum Gasteiger partial charge on any atom is 0.0314 e. The number of nitrogens with two attached hydrogens (primary N) is 1. The highest BCUT2D eigenvalue weighted by molar-refractivity contribution is 5.39. The second kappa shape index (κ2) is 8.24. The summed E-state index contributed by atoms with van der Waals surface area (Å²) < 4.78 is 0. The van der Waals surface area contributed by atoms with Crippen LogP contribution in [-0.4, -0.2) is 0 Å². The summed E-state index contributed by atoms with van der Waals surface area (Å²) in [6.07, 6.45) is 10.8. The second-order valence-corrected chi connectivity index (χ2v) is 6.92. The molecule has 0 aliphatic heterocycles. The average Bonchev–Trinajstić information content (AvgIpc) is 2.33. The lowest BCUT2D eigenvalue weighted by atomic mass is 9.89. The number of hydrogen-bond donors (Lipinski definition) is 1. The van der Waals surface area contributed by atoms with Crippen LogP contribution in [0.15, 0.2) is 24.3 Å². The van der Waals surface area contributed by atoms with Gasteiger partial charge in [-0.2, -0.15) is 0 Å². The van der Waals surface area contributed by atoms with Crippen molar-refractivity contribution in [1.82, 2.24) is 0 Å². The standard InChI is InChI=1S/C18H31N/c1-18(2,3)15-9-7-5-4-6-8-10-16-11-13-17(19)14-12-16/h11-14H,4-10,15,19H2,1-3H3. The Morgan fingerprint density at radius 2 is 1.32 bits per heavy atom. The van der Waals surface area contributed by atoms with Crippen LogP contribution < -0.4 is 5.73 Å². The number of hydrogen-bond acceptors (Lipinski definition) is 1. The van der Waals surface area contributed by atoms with Crippen LogP contribution in [0.3, 0.4) is 0 Å². The SMILES string of the molecule is CC(C)(C)CCCCCCCCc1ccc(N)cc1. The predicted octanol–water partition coefficient (Wildman–Crippen LogP) is 5.59. The molecule has 0 spiro atoms. The molecule has 1 aromatic carbocycles. The van der Waals surface area contributed by atoms with E-state index in [1.165, 1.54) is 56.9 Å². The fourth-order valence-corrected chi connectivity index (χ4v) is 2.38. The molecule has 1 heteroatoms. The zero-order valence-corrected chi connectivity index (χ0v) is 13.0. The van der Waals surface area contributed by atoms with Crippen molar-refractivity contribution in [2.45, 2.75) is 72.1 Å². The van der Waals surface area contributed by atoms with Crippen molar-refractivity contribution in [3.05, 3.63) is 29.8 Å². The Labute approximate surface area is 119 Å². The maximum absolute atomic E-state index is 5.68. The van der Waals surface area contributed by atoms with E-state index in [0.29, 0.717) is 5.41 Å². The molecule has 0 bridgehead atoms. The van der Waals surface area contributed by atoms with Crippen LogP contribution in [0.25, 0.3) is 0 Å². The van der Waals surface area contributed by atoms with Gasteiger partial charge in [0.25, 0.3) is 0 Å². The van der Waals surface area contributed by atoms with Crippen molar-refractivity contribution >= 4 is 5.69 Å². The third kappa shape index (κ3) is 8.69. The van der Waals surface area contributed by atoms with Crippen LogP contribution in [0, 0.1) is 5.41 Å². The van der Waals surface area contributed by atoms with Gasteiger partial charge in [0.1, 0.15) is 0 Å². The summed E-state index contributed by atoms with van der Waals surface area (Å²) in [5, 5.41) is 0. The summed E-state index contributed by atoms with van der Waals surface area (Å²) in [6.45, 7) is 7.00. The van der Waals surface area contributed by atoms with Crippen molar-refractivity contribution in [3.63, 3.8) is 0 Å². The second-order valence-electron chi connectivity index (χ2n) is 6.92. The van der Waals surface area contributed by atoms with Crippen LogP contribution in [0.5, 0.6) is 0 Å². The molecule has 0 amide bonds. The fourth-order valence-electron chi connectivity index (χ4n) is 2.38. The van der Waals surface area contributed by atoms with Crippen LogP contribution in [0.1, 0.15) is 71.3 Å². The van der Waals surface area contributed by atoms with E-state index in [1.54, 1.807) is 0 Å². The minimum Gasteiger partial charge on any atom is -0.399 e. The molecule has 0 heterocycles. The molecule has 0 aliphatic carbocycles. The van der Waals surface area contributed by atoms with Crippen molar-refractivity contribution in [2.75, 3.05) is 5.73 Å². The third-order valence-electron chi connectivity index (χ3n) is 3.62. The average molecular weight is 261 g/mol. The molecule has 0 unspecified atom stereocenters. The normalized spacial score (nSPS) is 11.7. The summed E-state index contributed by atoms with van der Waals surface area (Å²) in [6, 6.07) is 8.31. The molecule has 0 aliphatic rings. The van der Waals surface area contributed by atoms with Gasteiger partial charge in [0.05, 0.1) is 0 Å². The van der Waals surface area contributed by atoms with E-state index in [-0.39, 0.29) is 0 Å². The zero-order chi connectivity index (χ0) is 14.1. The maximum atomic E-state index is 5.68. The van der Waals surface area contributed by atoms with E-state index in [2.05, 4.69) is 32.9 Å². The van der Waals surface area contributed by atoms with Gasteiger partial charge < -0.3 is 5.73 Å². The minimum atomic E-state index is 0.509. The molecule has 1 nitrogen and oxygen atoms in total. The van der Waals surface area contributed by atoms with Crippen molar-refractivity contribution in [2.24, 2.45) is 5.41 Å². The molecule has 108 valence electrons. The molecule has 0 radical (unpaired) electrons. The van der Waals surface area contributed by atoms with Crippen molar-refractivity contribution in [1.29, 1.82) is 0 Å². The van der Waals surface area contributed by atoms with Gasteiger partial charge in [-0.15, -0.1) is 0 Å². The number of rotatable bonds is 8. The van der Waals surface area contributed by atoms with Gasteiger partial charge >= 0.3 is 0 Å². The zero-order valence-electron chi connectivity index (χ0n) is 13.0.